The second kappa shape index (κ2) is 6.58. The third kappa shape index (κ3) is 3.85. The topological polar surface area (TPSA) is 58.1 Å². The number of anilines is 1. The summed E-state index contributed by atoms with van der Waals surface area (Å²) in [6, 6.07) is 5.88. The van der Waals surface area contributed by atoms with Crippen molar-refractivity contribution in [2.75, 3.05) is 18.9 Å². The van der Waals surface area contributed by atoms with Crippen LogP contribution in [0.4, 0.5) is 5.13 Å². The predicted molar refractivity (Wildman–Crippen MR) is 80.8 cm³/mol. The highest BCUT2D eigenvalue weighted by Gasteiger charge is 2.16. The van der Waals surface area contributed by atoms with E-state index in [4.69, 9.17) is 0 Å². The Balaban J connectivity index is 1.90. The average molecular weight is 290 g/mol. The van der Waals surface area contributed by atoms with Gasteiger partial charge < -0.3 is 5.32 Å². The minimum atomic E-state index is -0.0652. The Morgan fingerprint density at radius 1 is 1.50 bits per heavy atom. The van der Waals surface area contributed by atoms with Gasteiger partial charge in [0.15, 0.2) is 5.13 Å². The van der Waals surface area contributed by atoms with E-state index in [9.17, 15) is 4.79 Å². The number of rotatable bonds is 5. The van der Waals surface area contributed by atoms with Crippen LogP contribution in [-0.2, 0) is 4.79 Å². The Morgan fingerprint density at radius 2 is 2.30 bits per heavy atom. The molecule has 2 heterocycles. The Bertz CT molecular complexity index is 570. The van der Waals surface area contributed by atoms with E-state index in [0.717, 1.165) is 11.4 Å². The summed E-state index contributed by atoms with van der Waals surface area (Å²) in [6.45, 7) is 4.24. The number of aromatic nitrogens is 2. The minimum Gasteiger partial charge on any atom is -0.301 e. The van der Waals surface area contributed by atoms with Crippen molar-refractivity contribution in [3.8, 4) is 0 Å². The van der Waals surface area contributed by atoms with E-state index in [0.29, 0.717) is 11.7 Å². The van der Waals surface area contributed by atoms with E-state index in [1.54, 1.807) is 6.20 Å². The van der Waals surface area contributed by atoms with Gasteiger partial charge in [0.2, 0.25) is 5.91 Å². The fraction of sp³-hybridized carbons (Fsp3) is 0.357. The Kier molecular flexibility index (Phi) is 4.81. The third-order valence-electron chi connectivity index (χ3n) is 3.04. The Labute approximate surface area is 122 Å². The van der Waals surface area contributed by atoms with Crippen molar-refractivity contribution in [3.05, 3.63) is 41.2 Å². The molecule has 5 nitrogen and oxygen atoms in total. The van der Waals surface area contributed by atoms with Crippen molar-refractivity contribution in [3.63, 3.8) is 0 Å². The number of likely N-dealkylation sites (N-methyl/N-ethyl adjacent to an activating group) is 1. The molecular weight excluding hydrogens is 272 g/mol. The lowest BCUT2D eigenvalue weighted by molar-refractivity contribution is -0.117. The lowest BCUT2D eigenvalue weighted by atomic mass is 10.2. The Hall–Kier alpha value is -1.79. The van der Waals surface area contributed by atoms with E-state index in [2.05, 4.69) is 15.3 Å². The molecule has 0 bridgehead atoms. The van der Waals surface area contributed by atoms with Gasteiger partial charge in [0, 0.05) is 17.6 Å². The first-order valence-corrected chi connectivity index (χ1v) is 7.27. The van der Waals surface area contributed by atoms with Crippen LogP contribution >= 0.6 is 11.3 Å². The molecule has 0 aliphatic rings. The van der Waals surface area contributed by atoms with Crippen LogP contribution in [0, 0.1) is 6.92 Å². The minimum absolute atomic E-state index is 0.0652. The average Bonchev–Trinajstić information content (AvgIpc) is 2.84. The van der Waals surface area contributed by atoms with E-state index < -0.39 is 0 Å². The van der Waals surface area contributed by atoms with Crippen molar-refractivity contribution >= 4 is 22.4 Å². The molecule has 0 saturated heterocycles. The fourth-order valence-corrected chi connectivity index (χ4v) is 2.49. The summed E-state index contributed by atoms with van der Waals surface area (Å²) in [7, 11) is 1.91. The first kappa shape index (κ1) is 14.6. The maximum absolute atomic E-state index is 12.0. The van der Waals surface area contributed by atoms with Crippen LogP contribution in [0.2, 0.25) is 0 Å². The van der Waals surface area contributed by atoms with Gasteiger partial charge in [-0.05, 0) is 33.0 Å². The summed E-state index contributed by atoms with van der Waals surface area (Å²) in [5, 5.41) is 5.36. The van der Waals surface area contributed by atoms with Gasteiger partial charge in [-0.2, -0.15) is 0 Å². The zero-order valence-corrected chi connectivity index (χ0v) is 12.6. The van der Waals surface area contributed by atoms with Gasteiger partial charge in [-0.1, -0.05) is 6.07 Å². The normalized spacial score (nSPS) is 12.4. The molecule has 20 heavy (non-hydrogen) atoms. The van der Waals surface area contributed by atoms with Gasteiger partial charge in [-0.25, -0.2) is 4.98 Å². The van der Waals surface area contributed by atoms with Crippen molar-refractivity contribution in [2.45, 2.75) is 19.9 Å². The summed E-state index contributed by atoms with van der Waals surface area (Å²) in [6.07, 6.45) is 1.76. The van der Waals surface area contributed by atoms with Gasteiger partial charge in [-0.3, -0.25) is 14.7 Å². The van der Waals surface area contributed by atoms with Crippen molar-refractivity contribution in [2.24, 2.45) is 0 Å². The Morgan fingerprint density at radius 3 is 2.90 bits per heavy atom. The van der Waals surface area contributed by atoms with E-state index >= 15 is 0 Å². The standard InChI is InChI=1S/C14H18N4OS/c1-10-9-20-14(16-10)17-13(19)8-18(3)11(2)12-6-4-5-7-15-12/h4-7,9,11H,8H2,1-3H3,(H,16,17,19). The lowest BCUT2D eigenvalue weighted by Gasteiger charge is -2.23. The molecule has 6 heteroatoms. The van der Waals surface area contributed by atoms with Gasteiger partial charge >= 0.3 is 0 Å². The van der Waals surface area contributed by atoms with E-state index in [1.807, 2.05) is 49.4 Å². The fourth-order valence-electron chi connectivity index (χ4n) is 1.78. The zero-order valence-electron chi connectivity index (χ0n) is 11.8. The smallest absolute Gasteiger partial charge is 0.240 e. The van der Waals surface area contributed by atoms with Crippen molar-refractivity contribution in [1.29, 1.82) is 0 Å². The molecule has 2 rings (SSSR count). The number of nitrogens with zero attached hydrogens (tertiary/aromatic N) is 3. The largest absolute Gasteiger partial charge is 0.301 e. The maximum Gasteiger partial charge on any atom is 0.240 e. The van der Waals surface area contributed by atoms with Crippen LogP contribution in [0.15, 0.2) is 29.8 Å². The number of amides is 1. The molecular formula is C14H18N4OS. The molecule has 0 aliphatic carbocycles. The van der Waals surface area contributed by atoms with Crippen molar-refractivity contribution < 1.29 is 4.79 Å². The van der Waals surface area contributed by atoms with Crippen LogP contribution in [0.1, 0.15) is 24.4 Å². The van der Waals surface area contributed by atoms with Crippen LogP contribution in [0.5, 0.6) is 0 Å². The molecule has 0 spiro atoms. The first-order chi connectivity index (χ1) is 9.56. The highest BCUT2D eigenvalue weighted by Crippen LogP contribution is 2.17. The molecule has 0 radical (unpaired) electrons. The number of hydrogen-bond donors (Lipinski definition) is 1. The van der Waals surface area contributed by atoms with Crippen LogP contribution in [0.3, 0.4) is 0 Å². The second-order valence-electron chi connectivity index (χ2n) is 4.69. The highest BCUT2D eigenvalue weighted by molar-refractivity contribution is 7.13. The van der Waals surface area contributed by atoms with Crippen LogP contribution < -0.4 is 5.32 Å². The van der Waals surface area contributed by atoms with Crippen molar-refractivity contribution in [1.82, 2.24) is 14.9 Å². The summed E-state index contributed by atoms with van der Waals surface area (Å²) in [5.74, 6) is -0.0652. The van der Waals surface area contributed by atoms with E-state index in [-0.39, 0.29) is 11.9 Å². The number of nitrogens with one attached hydrogen (secondary N) is 1. The summed E-state index contributed by atoms with van der Waals surface area (Å²) >= 11 is 1.44. The summed E-state index contributed by atoms with van der Waals surface area (Å²) in [5.41, 5.74) is 1.87. The molecule has 1 unspecified atom stereocenters. The van der Waals surface area contributed by atoms with Gasteiger partial charge in [0.1, 0.15) is 0 Å². The maximum atomic E-state index is 12.0. The molecule has 0 aliphatic heterocycles. The molecule has 1 N–H and O–H groups in total. The molecule has 0 fully saturated rings. The quantitative estimate of drug-likeness (QED) is 0.919. The molecule has 2 aromatic rings. The van der Waals surface area contributed by atoms with E-state index in [1.165, 1.54) is 11.3 Å². The number of thiazole rings is 1. The molecule has 106 valence electrons. The summed E-state index contributed by atoms with van der Waals surface area (Å²) in [4.78, 5) is 22.4. The molecule has 1 amide bonds. The van der Waals surface area contributed by atoms with Crippen LogP contribution in [-0.4, -0.2) is 34.4 Å². The van der Waals surface area contributed by atoms with Gasteiger partial charge in [0.05, 0.1) is 17.9 Å². The molecule has 2 aromatic heterocycles. The SMILES string of the molecule is Cc1csc(NC(=O)CN(C)C(C)c2ccccn2)n1. The lowest BCUT2D eigenvalue weighted by Crippen LogP contribution is -2.32. The number of hydrogen-bond acceptors (Lipinski definition) is 5. The second-order valence-corrected chi connectivity index (χ2v) is 5.55. The number of aryl methyl sites for hydroxylation is 1. The van der Waals surface area contributed by atoms with Gasteiger partial charge in [0.25, 0.3) is 0 Å². The summed E-state index contributed by atoms with van der Waals surface area (Å²) < 4.78 is 0. The predicted octanol–water partition coefficient (Wildman–Crippen LogP) is 2.48. The zero-order chi connectivity index (χ0) is 14.5. The molecule has 0 saturated carbocycles. The third-order valence-corrected chi connectivity index (χ3v) is 3.91. The molecule has 1 atom stereocenters. The number of carbonyl (C=O) groups excluding carboxylic acids is 1. The monoisotopic (exact) mass is 290 g/mol. The number of carbonyl (C=O) groups is 1. The first-order valence-electron chi connectivity index (χ1n) is 6.39. The highest BCUT2D eigenvalue weighted by atomic mass is 32.1. The number of pyridine rings is 1. The van der Waals surface area contributed by atoms with Crippen LogP contribution in [0.25, 0.3) is 0 Å². The van der Waals surface area contributed by atoms with Gasteiger partial charge in [-0.15, -0.1) is 11.3 Å². The molecule has 0 aromatic carbocycles.